The molecule has 1 N–H and O–H groups in total. The van der Waals surface area contributed by atoms with Crippen molar-refractivity contribution in [2.24, 2.45) is 0 Å². The fourth-order valence-corrected chi connectivity index (χ4v) is 2.31. The molecule has 2 aromatic heterocycles. The first-order chi connectivity index (χ1) is 10.1. The van der Waals surface area contributed by atoms with Gasteiger partial charge < -0.3 is 5.32 Å². The minimum atomic E-state index is 0.456. The molecule has 0 atom stereocenters. The van der Waals surface area contributed by atoms with Crippen molar-refractivity contribution in [1.29, 1.82) is 0 Å². The number of para-hydroxylation sites is 1. The summed E-state index contributed by atoms with van der Waals surface area (Å²) in [6.45, 7) is 7.06. The van der Waals surface area contributed by atoms with E-state index in [0.717, 1.165) is 34.5 Å². The summed E-state index contributed by atoms with van der Waals surface area (Å²) in [5, 5.41) is 9.16. The van der Waals surface area contributed by atoms with Gasteiger partial charge in [-0.3, -0.25) is 4.98 Å². The van der Waals surface area contributed by atoms with E-state index in [-0.39, 0.29) is 0 Å². The summed E-state index contributed by atoms with van der Waals surface area (Å²) < 4.78 is 1.91. The van der Waals surface area contributed by atoms with Gasteiger partial charge in [0, 0.05) is 29.9 Å². The number of hydrogen-bond donors (Lipinski definition) is 1. The molecule has 4 nitrogen and oxygen atoms in total. The van der Waals surface area contributed by atoms with Crippen LogP contribution in [0.25, 0.3) is 16.6 Å². The van der Waals surface area contributed by atoms with Gasteiger partial charge in [0.2, 0.25) is 0 Å². The van der Waals surface area contributed by atoms with Gasteiger partial charge in [-0.2, -0.15) is 5.10 Å². The molecule has 0 unspecified atom stereocenters. The Morgan fingerprint density at radius 1 is 1.14 bits per heavy atom. The number of pyridine rings is 1. The van der Waals surface area contributed by atoms with E-state index >= 15 is 0 Å². The molecule has 0 saturated heterocycles. The SMILES string of the molecule is Cc1ccc2cccc(-n3ccc(CNC(C)C)n3)c2n1. The molecule has 0 fully saturated rings. The molecule has 1 aromatic carbocycles. The first-order valence-corrected chi connectivity index (χ1v) is 7.28. The molecule has 3 aromatic rings. The number of aryl methyl sites for hydroxylation is 1. The Labute approximate surface area is 124 Å². The molecule has 0 amide bonds. The lowest BCUT2D eigenvalue weighted by Crippen LogP contribution is -2.22. The fraction of sp³-hybridized carbons (Fsp3) is 0.294. The van der Waals surface area contributed by atoms with Crippen LogP contribution in [0.2, 0.25) is 0 Å². The van der Waals surface area contributed by atoms with E-state index in [0.29, 0.717) is 6.04 Å². The van der Waals surface area contributed by atoms with E-state index in [1.54, 1.807) is 0 Å². The second-order valence-corrected chi connectivity index (χ2v) is 5.59. The number of aromatic nitrogens is 3. The van der Waals surface area contributed by atoms with Crippen molar-refractivity contribution in [3.8, 4) is 5.69 Å². The normalized spacial score (nSPS) is 11.4. The van der Waals surface area contributed by atoms with E-state index in [2.05, 4.69) is 47.4 Å². The maximum Gasteiger partial charge on any atom is 0.0962 e. The third-order valence-electron chi connectivity index (χ3n) is 3.42. The first kappa shape index (κ1) is 13.8. The van der Waals surface area contributed by atoms with Crippen LogP contribution in [0.3, 0.4) is 0 Å². The Bertz CT molecular complexity index is 758. The van der Waals surface area contributed by atoms with Crippen LogP contribution in [0, 0.1) is 6.92 Å². The molecular weight excluding hydrogens is 260 g/mol. The largest absolute Gasteiger partial charge is 0.309 e. The summed E-state index contributed by atoms with van der Waals surface area (Å²) in [5.74, 6) is 0. The molecule has 2 heterocycles. The van der Waals surface area contributed by atoms with Crippen molar-refractivity contribution in [3.05, 3.63) is 54.0 Å². The average molecular weight is 280 g/mol. The van der Waals surface area contributed by atoms with Crippen LogP contribution < -0.4 is 5.32 Å². The molecule has 0 aliphatic carbocycles. The highest BCUT2D eigenvalue weighted by Crippen LogP contribution is 2.20. The Balaban J connectivity index is 1.98. The molecule has 4 heteroatoms. The maximum absolute atomic E-state index is 4.66. The van der Waals surface area contributed by atoms with Crippen LogP contribution in [0.4, 0.5) is 0 Å². The Hall–Kier alpha value is -2.20. The monoisotopic (exact) mass is 280 g/mol. The molecule has 108 valence electrons. The first-order valence-electron chi connectivity index (χ1n) is 7.28. The van der Waals surface area contributed by atoms with E-state index < -0.39 is 0 Å². The predicted molar refractivity (Wildman–Crippen MR) is 85.6 cm³/mol. The molecular formula is C17H20N4. The second kappa shape index (κ2) is 5.66. The van der Waals surface area contributed by atoms with Crippen molar-refractivity contribution >= 4 is 10.9 Å². The number of nitrogens with zero attached hydrogens (tertiary/aromatic N) is 3. The Kier molecular flexibility index (Phi) is 3.71. The summed E-state index contributed by atoms with van der Waals surface area (Å²) in [6, 6.07) is 12.8. The molecule has 0 saturated carbocycles. The summed E-state index contributed by atoms with van der Waals surface area (Å²) in [5.41, 5.74) is 4.06. The van der Waals surface area contributed by atoms with E-state index in [1.807, 2.05) is 36.0 Å². The average Bonchev–Trinajstić information content (AvgIpc) is 2.93. The number of fused-ring (bicyclic) bond motifs is 1. The van der Waals surface area contributed by atoms with Crippen molar-refractivity contribution in [2.45, 2.75) is 33.4 Å². The van der Waals surface area contributed by atoms with Crippen LogP contribution in [-0.2, 0) is 6.54 Å². The minimum Gasteiger partial charge on any atom is -0.309 e. The van der Waals surface area contributed by atoms with Crippen LogP contribution in [0.15, 0.2) is 42.6 Å². The van der Waals surface area contributed by atoms with Gasteiger partial charge in [0.1, 0.15) is 0 Å². The molecule has 3 rings (SSSR count). The zero-order valence-electron chi connectivity index (χ0n) is 12.7. The molecule has 0 spiro atoms. The highest BCUT2D eigenvalue weighted by atomic mass is 15.3. The van der Waals surface area contributed by atoms with Gasteiger partial charge in [0.05, 0.1) is 16.9 Å². The quantitative estimate of drug-likeness (QED) is 0.798. The summed E-state index contributed by atoms with van der Waals surface area (Å²) in [7, 11) is 0. The van der Waals surface area contributed by atoms with Crippen LogP contribution >= 0.6 is 0 Å². The van der Waals surface area contributed by atoms with Crippen molar-refractivity contribution in [1.82, 2.24) is 20.1 Å². The number of rotatable bonds is 4. The fourth-order valence-electron chi connectivity index (χ4n) is 2.31. The standard InChI is InChI=1S/C17H20N4/c1-12(2)18-11-15-9-10-21(20-15)16-6-4-5-14-8-7-13(3)19-17(14)16/h4-10,12,18H,11H2,1-3H3. The van der Waals surface area contributed by atoms with Gasteiger partial charge in [-0.1, -0.05) is 32.0 Å². The van der Waals surface area contributed by atoms with Gasteiger partial charge in [0.15, 0.2) is 0 Å². The maximum atomic E-state index is 4.66. The zero-order valence-corrected chi connectivity index (χ0v) is 12.7. The number of nitrogens with one attached hydrogen (secondary N) is 1. The number of hydrogen-bond acceptors (Lipinski definition) is 3. The van der Waals surface area contributed by atoms with Gasteiger partial charge in [-0.15, -0.1) is 0 Å². The van der Waals surface area contributed by atoms with Crippen molar-refractivity contribution in [2.75, 3.05) is 0 Å². The predicted octanol–water partition coefficient (Wildman–Crippen LogP) is 3.23. The van der Waals surface area contributed by atoms with Crippen LogP contribution in [0.5, 0.6) is 0 Å². The third-order valence-corrected chi connectivity index (χ3v) is 3.42. The molecule has 0 aliphatic heterocycles. The molecule has 21 heavy (non-hydrogen) atoms. The van der Waals surface area contributed by atoms with Gasteiger partial charge >= 0.3 is 0 Å². The summed E-state index contributed by atoms with van der Waals surface area (Å²) in [6.07, 6.45) is 2.00. The highest BCUT2D eigenvalue weighted by Gasteiger charge is 2.07. The van der Waals surface area contributed by atoms with Gasteiger partial charge in [0.25, 0.3) is 0 Å². The number of benzene rings is 1. The molecule has 0 bridgehead atoms. The van der Waals surface area contributed by atoms with Crippen molar-refractivity contribution in [3.63, 3.8) is 0 Å². The van der Waals surface area contributed by atoms with Gasteiger partial charge in [-0.25, -0.2) is 4.68 Å². The topological polar surface area (TPSA) is 42.7 Å². The van der Waals surface area contributed by atoms with E-state index in [1.165, 1.54) is 0 Å². The summed E-state index contributed by atoms with van der Waals surface area (Å²) >= 11 is 0. The third kappa shape index (κ3) is 2.95. The lowest BCUT2D eigenvalue weighted by Gasteiger charge is -2.07. The lowest BCUT2D eigenvalue weighted by molar-refractivity contribution is 0.578. The molecule has 0 radical (unpaired) electrons. The Morgan fingerprint density at radius 2 is 2.00 bits per heavy atom. The smallest absolute Gasteiger partial charge is 0.0962 e. The van der Waals surface area contributed by atoms with Crippen LogP contribution in [0.1, 0.15) is 25.2 Å². The second-order valence-electron chi connectivity index (χ2n) is 5.59. The zero-order chi connectivity index (χ0) is 14.8. The van der Waals surface area contributed by atoms with E-state index in [4.69, 9.17) is 0 Å². The van der Waals surface area contributed by atoms with E-state index in [9.17, 15) is 0 Å². The van der Waals surface area contributed by atoms with Crippen LogP contribution in [-0.4, -0.2) is 20.8 Å². The molecule has 0 aliphatic rings. The minimum absolute atomic E-state index is 0.456. The lowest BCUT2D eigenvalue weighted by atomic mass is 10.2. The Morgan fingerprint density at radius 3 is 2.81 bits per heavy atom. The van der Waals surface area contributed by atoms with Gasteiger partial charge in [-0.05, 0) is 25.1 Å². The van der Waals surface area contributed by atoms with Crippen molar-refractivity contribution < 1.29 is 0 Å². The summed E-state index contributed by atoms with van der Waals surface area (Å²) in [4.78, 5) is 4.66. The highest BCUT2D eigenvalue weighted by molar-refractivity contribution is 5.86.